The number of hydrogen-bond acceptors (Lipinski definition) is 3. The molecule has 0 fully saturated rings. The fourth-order valence-electron chi connectivity index (χ4n) is 1.22. The lowest BCUT2D eigenvalue weighted by molar-refractivity contribution is 0.527. The second kappa shape index (κ2) is 6.02. The smallest absolute Gasteiger partial charge is 0.0923 e. The average molecular weight is 199 g/mol. The van der Waals surface area contributed by atoms with Crippen LogP contribution < -0.4 is 0 Å². The number of aromatic nitrogens is 3. The van der Waals surface area contributed by atoms with Gasteiger partial charge in [0.15, 0.2) is 0 Å². The van der Waals surface area contributed by atoms with E-state index in [1.807, 2.05) is 10.9 Å². The molecule has 0 aliphatic carbocycles. The zero-order chi connectivity index (χ0) is 9.52. The Bertz CT molecular complexity index is 235. The van der Waals surface area contributed by atoms with E-state index >= 15 is 0 Å². The largest absolute Gasteiger partial charge is 0.252 e. The quantitative estimate of drug-likeness (QED) is 0.563. The van der Waals surface area contributed by atoms with E-state index in [-0.39, 0.29) is 0 Å². The molecule has 0 unspecified atom stereocenters. The van der Waals surface area contributed by atoms with Gasteiger partial charge in [-0.1, -0.05) is 31.4 Å². The highest BCUT2D eigenvalue weighted by Gasteiger charge is 1.97. The molecule has 3 nitrogen and oxygen atoms in total. The second-order valence-electron chi connectivity index (χ2n) is 3.19. The first kappa shape index (κ1) is 10.6. The van der Waals surface area contributed by atoms with E-state index in [1.165, 1.54) is 25.7 Å². The lowest BCUT2D eigenvalue weighted by Gasteiger charge is -1.98. The Kier molecular flexibility index (Phi) is 4.90. The van der Waals surface area contributed by atoms with Crippen molar-refractivity contribution in [3.63, 3.8) is 0 Å². The van der Waals surface area contributed by atoms with Crippen LogP contribution in [0.3, 0.4) is 0 Å². The maximum atomic E-state index is 4.13. The van der Waals surface area contributed by atoms with Gasteiger partial charge in [0.2, 0.25) is 0 Å². The van der Waals surface area contributed by atoms with Gasteiger partial charge < -0.3 is 0 Å². The van der Waals surface area contributed by atoms with Crippen LogP contribution in [-0.2, 0) is 12.3 Å². The molecule has 0 atom stereocenters. The maximum Gasteiger partial charge on any atom is 0.0923 e. The third kappa shape index (κ3) is 3.81. The second-order valence-corrected chi connectivity index (χ2v) is 3.51. The first-order chi connectivity index (χ1) is 6.36. The van der Waals surface area contributed by atoms with Crippen molar-refractivity contribution in [3.05, 3.63) is 11.9 Å². The topological polar surface area (TPSA) is 30.7 Å². The summed E-state index contributed by atoms with van der Waals surface area (Å²) in [5, 5.41) is 7.97. The van der Waals surface area contributed by atoms with Gasteiger partial charge in [-0.25, -0.2) is 0 Å². The summed E-state index contributed by atoms with van der Waals surface area (Å²) in [5.74, 6) is 0.676. The van der Waals surface area contributed by atoms with Crippen LogP contribution in [0.5, 0.6) is 0 Å². The predicted octanol–water partition coefficient (Wildman–Crippen LogP) is 2.29. The number of thiol groups is 1. The van der Waals surface area contributed by atoms with Crippen LogP contribution >= 0.6 is 12.6 Å². The molecule has 1 heterocycles. The highest BCUT2D eigenvalue weighted by molar-refractivity contribution is 7.79. The van der Waals surface area contributed by atoms with E-state index in [0.717, 1.165) is 12.2 Å². The van der Waals surface area contributed by atoms with Crippen molar-refractivity contribution in [1.82, 2.24) is 15.0 Å². The number of nitrogens with zero attached hydrogens (tertiary/aromatic N) is 3. The summed E-state index contributed by atoms with van der Waals surface area (Å²) in [6.45, 7) is 3.20. The fraction of sp³-hybridized carbons (Fsp3) is 0.778. The third-order valence-corrected chi connectivity index (χ3v) is 2.31. The van der Waals surface area contributed by atoms with Gasteiger partial charge >= 0.3 is 0 Å². The predicted molar refractivity (Wildman–Crippen MR) is 56.9 cm³/mol. The van der Waals surface area contributed by atoms with Crippen LogP contribution in [0.15, 0.2) is 6.20 Å². The van der Waals surface area contributed by atoms with E-state index in [2.05, 4.69) is 29.9 Å². The zero-order valence-electron chi connectivity index (χ0n) is 8.11. The maximum absolute atomic E-state index is 4.13. The first-order valence-corrected chi connectivity index (χ1v) is 5.50. The van der Waals surface area contributed by atoms with Crippen LogP contribution in [0.2, 0.25) is 0 Å². The minimum absolute atomic E-state index is 0.676. The van der Waals surface area contributed by atoms with E-state index in [0.29, 0.717) is 5.75 Å². The van der Waals surface area contributed by atoms with Gasteiger partial charge in [-0.2, -0.15) is 12.6 Å². The Labute approximate surface area is 84.9 Å². The van der Waals surface area contributed by atoms with Gasteiger partial charge in [0, 0.05) is 18.5 Å². The highest BCUT2D eigenvalue weighted by atomic mass is 32.1. The van der Waals surface area contributed by atoms with E-state index in [1.54, 1.807) is 0 Å². The van der Waals surface area contributed by atoms with Gasteiger partial charge in [0.25, 0.3) is 0 Å². The van der Waals surface area contributed by atoms with Gasteiger partial charge in [-0.15, -0.1) is 5.10 Å². The van der Waals surface area contributed by atoms with Crippen molar-refractivity contribution >= 4 is 12.6 Å². The van der Waals surface area contributed by atoms with Crippen LogP contribution in [0.4, 0.5) is 0 Å². The third-order valence-electron chi connectivity index (χ3n) is 1.99. The number of rotatable bonds is 6. The van der Waals surface area contributed by atoms with Gasteiger partial charge in [-0.3, -0.25) is 4.68 Å². The lowest BCUT2D eigenvalue weighted by atomic mass is 10.2. The van der Waals surface area contributed by atoms with Crippen LogP contribution in [0, 0.1) is 0 Å². The normalized spacial score (nSPS) is 10.6. The van der Waals surface area contributed by atoms with Gasteiger partial charge in [0.05, 0.1) is 5.69 Å². The van der Waals surface area contributed by atoms with Crippen LogP contribution in [0.25, 0.3) is 0 Å². The van der Waals surface area contributed by atoms with Crippen molar-refractivity contribution in [2.24, 2.45) is 0 Å². The van der Waals surface area contributed by atoms with E-state index < -0.39 is 0 Å². The summed E-state index contributed by atoms with van der Waals surface area (Å²) in [6, 6.07) is 0. The fourth-order valence-corrected chi connectivity index (χ4v) is 1.37. The molecule has 4 heteroatoms. The van der Waals surface area contributed by atoms with Crippen molar-refractivity contribution < 1.29 is 0 Å². The molecule has 1 rings (SSSR count). The molecule has 1 aromatic rings. The molecule has 0 aromatic carbocycles. The molecule has 74 valence electrons. The molecule has 0 amide bonds. The molecule has 0 N–H and O–H groups in total. The monoisotopic (exact) mass is 199 g/mol. The number of hydrogen-bond donors (Lipinski definition) is 1. The molecule has 0 saturated carbocycles. The Morgan fingerprint density at radius 2 is 2.23 bits per heavy atom. The van der Waals surface area contributed by atoms with E-state index in [4.69, 9.17) is 0 Å². The molecule has 13 heavy (non-hydrogen) atoms. The molecule has 0 saturated heterocycles. The van der Waals surface area contributed by atoms with Gasteiger partial charge in [-0.05, 0) is 6.42 Å². The van der Waals surface area contributed by atoms with Crippen LogP contribution in [-0.4, -0.2) is 15.0 Å². The Morgan fingerprint density at radius 3 is 2.85 bits per heavy atom. The Balaban J connectivity index is 2.20. The molecule has 0 aliphatic rings. The summed E-state index contributed by atoms with van der Waals surface area (Å²) >= 11 is 4.13. The molecular weight excluding hydrogens is 182 g/mol. The summed E-state index contributed by atoms with van der Waals surface area (Å²) < 4.78 is 1.90. The van der Waals surface area contributed by atoms with Crippen LogP contribution in [0.1, 0.15) is 38.3 Å². The number of aryl methyl sites for hydroxylation is 1. The number of unbranched alkanes of at least 4 members (excludes halogenated alkanes) is 3. The molecule has 0 spiro atoms. The van der Waals surface area contributed by atoms with Crippen molar-refractivity contribution in [1.29, 1.82) is 0 Å². The minimum Gasteiger partial charge on any atom is -0.252 e. The highest BCUT2D eigenvalue weighted by Crippen LogP contribution is 2.02. The van der Waals surface area contributed by atoms with Gasteiger partial charge in [0.1, 0.15) is 0 Å². The average Bonchev–Trinajstić information content (AvgIpc) is 2.60. The zero-order valence-corrected chi connectivity index (χ0v) is 9.00. The summed E-state index contributed by atoms with van der Waals surface area (Å²) in [5.41, 5.74) is 0.957. The molecule has 1 aromatic heterocycles. The Morgan fingerprint density at radius 1 is 1.38 bits per heavy atom. The summed E-state index contributed by atoms with van der Waals surface area (Å²) in [6.07, 6.45) is 7.04. The SMILES string of the molecule is CCCCCCn1cc(CS)nn1. The molecule has 0 radical (unpaired) electrons. The summed E-state index contributed by atoms with van der Waals surface area (Å²) in [4.78, 5) is 0. The molecular formula is C9H17N3S. The molecule has 0 aliphatic heterocycles. The minimum atomic E-state index is 0.676. The summed E-state index contributed by atoms with van der Waals surface area (Å²) in [7, 11) is 0. The molecule has 0 bridgehead atoms. The van der Waals surface area contributed by atoms with Crippen molar-refractivity contribution in [3.8, 4) is 0 Å². The van der Waals surface area contributed by atoms with Crippen molar-refractivity contribution in [2.45, 2.75) is 44.9 Å². The Hall–Kier alpha value is -0.510. The standard InChI is InChI=1S/C9H17N3S/c1-2-3-4-5-6-12-7-9(8-13)10-11-12/h7,13H,2-6,8H2,1H3. The lowest BCUT2D eigenvalue weighted by Crippen LogP contribution is -1.98. The first-order valence-electron chi connectivity index (χ1n) is 4.86. The van der Waals surface area contributed by atoms with E-state index in [9.17, 15) is 0 Å². The van der Waals surface area contributed by atoms with Crippen molar-refractivity contribution in [2.75, 3.05) is 0 Å².